The van der Waals surface area contributed by atoms with Crippen molar-refractivity contribution in [3.05, 3.63) is 83.7 Å². The third-order valence-electron chi connectivity index (χ3n) is 4.22. The van der Waals surface area contributed by atoms with Gasteiger partial charge in [-0.3, -0.25) is 9.67 Å². The molecule has 2 aromatic carbocycles. The van der Waals surface area contributed by atoms with Crippen LogP contribution >= 0.6 is 24.0 Å². The van der Waals surface area contributed by atoms with Gasteiger partial charge in [0.05, 0.1) is 13.7 Å². The Hall–Kier alpha value is -2.55. The number of nitrogens with zero attached hydrogens (tertiary/aromatic N) is 3. The molecule has 0 spiro atoms. The number of guanidine groups is 1. The lowest BCUT2D eigenvalue weighted by atomic mass is 10.1. The summed E-state index contributed by atoms with van der Waals surface area (Å²) in [7, 11) is 3.45. The second-order valence-corrected chi connectivity index (χ2v) is 6.11. The molecule has 0 unspecified atom stereocenters. The Morgan fingerprint density at radius 2 is 1.82 bits per heavy atom. The molecule has 3 rings (SSSR count). The zero-order valence-corrected chi connectivity index (χ0v) is 18.5. The van der Waals surface area contributed by atoms with Gasteiger partial charge in [0.25, 0.3) is 0 Å². The molecule has 0 saturated heterocycles. The third-order valence-corrected chi connectivity index (χ3v) is 4.22. The molecule has 0 fully saturated rings. The van der Waals surface area contributed by atoms with Crippen LogP contribution in [0.3, 0.4) is 0 Å². The molecule has 148 valence electrons. The first-order valence-corrected chi connectivity index (χ1v) is 8.90. The van der Waals surface area contributed by atoms with Crippen LogP contribution in [0, 0.1) is 0 Å². The molecule has 3 aromatic rings. The van der Waals surface area contributed by atoms with Gasteiger partial charge in [-0.25, -0.2) is 0 Å². The average Bonchev–Trinajstić information content (AvgIpc) is 3.21. The molecule has 2 N–H and O–H groups in total. The lowest BCUT2D eigenvalue weighted by Crippen LogP contribution is -2.36. The summed E-state index contributed by atoms with van der Waals surface area (Å²) in [6.07, 6.45) is 3.76. The Bertz CT molecular complexity index is 880. The van der Waals surface area contributed by atoms with E-state index in [9.17, 15) is 0 Å². The number of aliphatic imine (C=N–C) groups is 1. The molecule has 28 heavy (non-hydrogen) atoms. The van der Waals surface area contributed by atoms with Crippen LogP contribution in [-0.2, 0) is 19.6 Å². The van der Waals surface area contributed by atoms with E-state index < -0.39 is 0 Å². The summed E-state index contributed by atoms with van der Waals surface area (Å²) >= 11 is 0. The minimum atomic E-state index is 0. The second-order valence-electron chi connectivity index (χ2n) is 6.11. The summed E-state index contributed by atoms with van der Waals surface area (Å²) in [6.45, 7) is 2.10. The molecular weight excluding hydrogens is 465 g/mol. The van der Waals surface area contributed by atoms with Crippen molar-refractivity contribution < 1.29 is 4.74 Å². The Morgan fingerprint density at radius 1 is 1.04 bits per heavy atom. The SMILES string of the molecule is CN=C(NCc1cccc(Cn2cccn2)c1)NCc1ccccc1OC.I. The van der Waals surface area contributed by atoms with Gasteiger partial charge in [-0.05, 0) is 23.3 Å². The number of rotatable bonds is 7. The molecule has 0 aliphatic rings. The van der Waals surface area contributed by atoms with Crippen LogP contribution in [0.5, 0.6) is 5.75 Å². The third kappa shape index (κ3) is 6.26. The first-order chi connectivity index (χ1) is 13.3. The van der Waals surface area contributed by atoms with Crippen LogP contribution in [-0.4, -0.2) is 29.9 Å². The number of nitrogens with one attached hydrogen (secondary N) is 2. The Labute approximate surface area is 183 Å². The molecule has 0 amide bonds. The van der Waals surface area contributed by atoms with Crippen molar-refractivity contribution in [2.45, 2.75) is 19.6 Å². The molecule has 1 heterocycles. The standard InChI is InChI=1S/C21H25N5O.HI/c1-22-21(24-15-19-9-3-4-10-20(19)27-2)23-14-17-7-5-8-18(13-17)16-26-12-6-11-25-26;/h3-13H,14-16H2,1-2H3,(H2,22,23,24);1H. The number of hydrogen-bond donors (Lipinski definition) is 2. The molecule has 0 saturated carbocycles. The number of para-hydroxylation sites is 1. The zero-order valence-electron chi connectivity index (χ0n) is 16.1. The van der Waals surface area contributed by atoms with E-state index in [4.69, 9.17) is 4.74 Å². The van der Waals surface area contributed by atoms with Crippen molar-refractivity contribution in [1.29, 1.82) is 0 Å². The summed E-state index contributed by atoms with van der Waals surface area (Å²) in [4.78, 5) is 4.30. The van der Waals surface area contributed by atoms with Gasteiger partial charge in [0.2, 0.25) is 0 Å². The van der Waals surface area contributed by atoms with Gasteiger partial charge in [0, 0.05) is 38.1 Å². The predicted molar refractivity (Wildman–Crippen MR) is 123 cm³/mol. The molecule has 0 atom stereocenters. The van der Waals surface area contributed by atoms with Crippen molar-refractivity contribution >= 4 is 29.9 Å². The van der Waals surface area contributed by atoms with E-state index in [2.05, 4.69) is 45.0 Å². The van der Waals surface area contributed by atoms with Crippen LogP contribution in [0.15, 0.2) is 72.0 Å². The first kappa shape index (κ1) is 21.7. The minimum absolute atomic E-state index is 0. The van der Waals surface area contributed by atoms with Gasteiger partial charge in [0.15, 0.2) is 5.96 Å². The highest BCUT2D eigenvalue weighted by atomic mass is 127. The van der Waals surface area contributed by atoms with Crippen LogP contribution < -0.4 is 15.4 Å². The van der Waals surface area contributed by atoms with Crippen molar-refractivity contribution in [2.75, 3.05) is 14.2 Å². The highest BCUT2D eigenvalue weighted by Gasteiger charge is 2.04. The highest BCUT2D eigenvalue weighted by molar-refractivity contribution is 14.0. The van der Waals surface area contributed by atoms with Crippen molar-refractivity contribution in [3.8, 4) is 5.75 Å². The molecule has 6 nitrogen and oxygen atoms in total. The summed E-state index contributed by atoms with van der Waals surface area (Å²) in [6, 6.07) is 18.4. The van der Waals surface area contributed by atoms with Gasteiger partial charge in [0.1, 0.15) is 5.75 Å². The van der Waals surface area contributed by atoms with Crippen LogP contribution in [0.4, 0.5) is 0 Å². The van der Waals surface area contributed by atoms with Crippen LogP contribution in [0.2, 0.25) is 0 Å². The van der Waals surface area contributed by atoms with Gasteiger partial charge in [-0.15, -0.1) is 24.0 Å². The van der Waals surface area contributed by atoms with Crippen LogP contribution in [0.25, 0.3) is 0 Å². The maximum Gasteiger partial charge on any atom is 0.191 e. The average molecular weight is 491 g/mol. The van der Waals surface area contributed by atoms with Crippen molar-refractivity contribution in [2.24, 2.45) is 4.99 Å². The number of ether oxygens (including phenoxy) is 1. The quantitative estimate of drug-likeness (QED) is 0.302. The highest BCUT2D eigenvalue weighted by Crippen LogP contribution is 2.16. The normalized spacial score (nSPS) is 10.9. The van der Waals surface area contributed by atoms with Gasteiger partial charge in [-0.2, -0.15) is 5.10 Å². The smallest absolute Gasteiger partial charge is 0.191 e. The molecule has 0 radical (unpaired) electrons. The Kier molecular flexibility index (Phi) is 8.80. The minimum Gasteiger partial charge on any atom is -0.496 e. The fourth-order valence-electron chi connectivity index (χ4n) is 2.85. The number of halogens is 1. The largest absolute Gasteiger partial charge is 0.496 e. The molecule has 0 aliphatic heterocycles. The maximum absolute atomic E-state index is 5.39. The van der Waals surface area contributed by atoms with E-state index in [-0.39, 0.29) is 24.0 Å². The zero-order chi connectivity index (χ0) is 18.9. The fraction of sp³-hybridized carbons (Fsp3) is 0.238. The van der Waals surface area contributed by atoms with E-state index in [1.165, 1.54) is 11.1 Å². The molecule has 7 heteroatoms. The maximum atomic E-state index is 5.39. The van der Waals surface area contributed by atoms with E-state index in [0.717, 1.165) is 23.8 Å². The summed E-state index contributed by atoms with van der Waals surface area (Å²) in [5.74, 6) is 1.62. The monoisotopic (exact) mass is 491 g/mol. The fourth-order valence-corrected chi connectivity index (χ4v) is 2.85. The molecular formula is C21H26IN5O. The van der Waals surface area contributed by atoms with E-state index in [1.807, 2.05) is 41.2 Å². The Balaban J connectivity index is 0.00000280. The lowest BCUT2D eigenvalue weighted by Gasteiger charge is -2.14. The van der Waals surface area contributed by atoms with Crippen molar-refractivity contribution in [3.63, 3.8) is 0 Å². The number of methoxy groups -OCH3 is 1. The Morgan fingerprint density at radius 3 is 2.57 bits per heavy atom. The van der Waals surface area contributed by atoms with E-state index in [0.29, 0.717) is 13.1 Å². The number of hydrogen-bond acceptors (Lipinski definition) is 3. The number of benzene rings is 2. The van der Waals surface area contributed by atoms with Crippen LogP contribution in [0.1, 0.15) is 16.7 Å². The van der Waals surface area contributed by atoms with E-state index >= 15 is 0 Å². The topological polar surface area (TPSA) is 63.5 Å². The number of aromatic nitrogens is 2. The van der Waals surface area contributed by atoms with Gasteiger partial charge < -0.3 is 15.4 Å². The first-order valence-electron chi connectivity index (χ1n) is 8.90. The van der Waals surface area contributed by atoms with Gasteiger partial charge in [-0.1, -0.05) is 42.5 Å². The summed E-state index contributed by atoms with van der Waals surface area (Å²) in [5.41, 5.74) is 3.50. The molecule has 0 aliphatic carbocycles. The molecule has 0 bridgehead atoms. The summed E-state index contributed by atoms with van der Waals surface area (Å²) in [5, 5.41) is 10.9. The predicted octanol–water partition coefficient (Wildman–Crippen LogP) is 3.42. The van der Waals surface area contributed by atoms with Crippen molar-refractivity contribution in [1.82, 2.24) is 20.4 Å². The van der Waals surface area contributed by atoms with E-state index in [1.54, 1.807) is 20.4 Å². The second kappa shape index (κ2) is 11.3. The molecule has 1 aromatic heterocycles. The lowest BCUT2D eigenvalue weighted by molar-refractivity contribution is 0.409. The van der Waals surface area contributed by atoms with Gasteiger partial charge >= 0.3 is 0 Å². The summed E-state index contributed by atoms with van der Waals surface area (Å²) < 4.78 is 7.31.